The zero-order valence-corrected chi connectivity index (χ0v) is 38.5. The maximum Gasteiger partial charge on any atom is 0.293 e. The monoisotopic (exact) mass is 859 g/mol. The van der Waals surface area contributed by atoms with Crippen molar-refractivity contribution in [3.63, 3.8) is 0 Å². The van der Waals surface area contributed by atoms with E-state index in [1.54, 1.807) is 11.1 Å². The SMILES string of the molecule is CC.CC(C)N1C(c2ccc3sc(C(=O)N[C@H](C=O)C[C@H]4C[C@H]4C)cc3c2)P1Oc1ccccc1.CCCOC=O.CN1CCCC1.Cc1ccncc1C1CN(C=O)C1. The van der Waals surface area contributed by atoms with Gasteiger partial charge in [0.15, 0.2) is 8.30 Å². The number of carbonyl (C=O) groups is 4. The van der Waals surface area contributed by atoms with Crippen LogP contribution in [0.2, 0.25) is 0 Å². The molecular formula is C47H66N5O6PS. The summed E-state index contributed by atoms with van der Waals surface area (Å²) in [6.07, 6.45) is 11.1. The molecule has 1 N–H and O–H groups in total. The van der Waals surface area contributed by atoms with Crippen LogP contribution in [0.4, 0.5) is 0 Å². The molecule has 3 unspecified atom stereocenters. The predicted molar refractivity (Wildman–Crippen MR) is 244 cm³/mol. The topological polar surface area (TPSA) is 121 Å². The van der Waals surface area contributed by atoms with E-state index in [1.165, 1.54) is 54.0 Å². The van der Waals surface area contributed by atoms with Crippen molar-refractivity contribution in [3.8, 4) is 5.75 Å². The van der Waals surface area contributed by atoms with Gasteiger partial charge in [0.2, 0.25) is 6.41 Å². The minimum Gasteiger partial charge on any atom is -0.468 e. The first-order valence-electron chi connectivity index (χ1n) is 21.5. The molecule has 8 rings (SSSR count). The number of aldehydes is 1. The second-order valence-corrected chi connectivity index (χ2v) is 18.7. The molecular weight excluding hydrogens is 794 g/mol. The average molecular weight is 860 g/mol. The van der Waals surface area contributed by atoms with Crippen molar-refractivity contribution in [1.29, 1.82) is 0 Å². The standard InChI is InChI=1S/C26H29N2O3PS.C10H12N2O.C5H11N.C4H8O2.C2H6/c1-16(2)28-26(32(28)31-22-7-5-4-6-8-22)18-9-10-23-20(12-18)14-24(33-23)25(30)27-21(15-29)13-19-11-17(19)3;1-8-2-3-11-4-10(8)9-5-12(6-9)7-13;1-6-4-2-3-5-6;1-2-3-6-4-5;1-2/h4-10,12,14-17,19,21,26H,11,13H2,1-3H3,(H,27,30);2-4,7,9H,5-6H2,1H3;2-5H2,1H3;4H,2-3H2,1H3;1-2H3/t17-,19-,21+,26?,28?,32?;;;;/m1..../s1. The van der Waals surface area contributed by atoms with Crippen LogP contribution in [0.5, 0.6) is 5.75 Å². The summed E-state index contributed by atoms with van der Waals surface area (Å²) in [5.41, 5.74) is 3.77. The highest BCUT2D eigenvalue weighted by Gasteiger charge is 2.54. The van der Waals surface area contributed by atoms with Gasteiger partial charge in [0, 0.05) is 42.1 Å². The fraction of sp³-hybridized carbons (Fsp3) is 0.511. The summed E-state index contributed by atoms with van der Waals surface area (Å²) in [4.78, 5) is 52.9. The molecule has 0 radical (unpaired) electrons. The summed E-state index contributed by atoms with van der Waals surface area (Å²) < 4.78 is 14.1. The first-order chi connectivity index (χ1) is 29.1. The molecule has 4 fully saturated rings. The van der Waals surface area contributed by atoms with E-state index in [2.05, 4.69) is 77.5 Å². The van der Waals surface area contributed by atoms with E-state index in [1.807, 2.05) is 69.4 Å². The van der Waals surface area contributed by atoms with Crippen LogP contribution in [-0.4, -0.2) is 96.4 Å². The normalized spacial score (nSPS) is 21.8. The molecule has 6 atom stereocenters. The third kappa shape index (κ3) is 14.5. The van der Waals surface area contributed by atoms with Crippen LogP contribution in [0.1, 0.15) is 112 Å². The number of fused-ring (bicyclic) bond motifs is 1. The van der Waals surface area contributed by atoms with E-state index >= 15 is 0 Å². The number of pyridine rings is 1. The van der Waals surface area contributed by atoms with Gasteiger partial charge in [-0.25, -0.2) is 4.67 Å². The van der Waals surface area contributed by atoms with E-state index in [4.69, 9.17) is 4.52 Å². The van der Waals surface area contributed by atoms with Crippen LogP contribution in [0.25, 0.3) is 10.1 Å². The lowest BCUT2D eigenvalue weighted by atomic mass is 9.90. The third-order valence-electron chi connectivity index (χ3n) is 10.8. The molecule has 1 saturated carbocycles. The maximum absolute atomic E-state index is 12.8. The summed E-state index contributed by atoms with van der Waals surface area (Å²) in [5.74, 6) is 2.71. The van der Waals surface area contributed by atoms with Crippen LogP contribution in [0, 0.1) is 18.8 Å². The van der Waals surface area contributed by atoms with Gasteiger partial charge in [-0.3, -0.25) is 19.4 Å². The number of rotatable bonds is 14. The van der Waals surface area contributed by atoms with Gasteiger partial charge in [0.1, 0.15) is 17.8 Å². The molecule has 0 bridgehead atoms. The average Bonchev–Trinajstić information content (AvgIpc) is 3.98. The molecule has 2 aromatic carbocycles. The zero-order valence-electron chi connectivity index (χ0n) is 36.8. The van der Waals surface area contributed by atoms with Gasteiger partial charge in [0.05, 0.1) is 17.5 Å². The summed E-state index contributed by atoms with van der Waals surface area (Å²) in [5, 5.41) is 3.98. The lowest BCUT2D eigenvalue weighted by Gasteiger charge is -2.37. The van der Waals surface area contributed by atoms with E-state index < -0.39 is 14.3 Å². The number of aryl methyl sites for hydroxylation is 1. The zero-order chi connectivity index (χ0) is 43.6. The van der Waals surface area contributed by atoms with E-state index in [0.717, 1.165) is 60.9 Å². The molecule has 2 aromatic heterocycles. The first kappa shape index (κ1) is 48.4. The lowest BCUT2D eigenvalue weighted by Crippen LogP contribution is -2.44. The Balaban J connectivity index is 0.000000238. The Morgan fingerprint density at radius 1 is 1.03 bits per heavy atom. The van der Waals surface area contributed by atoms with E-state index in [-0.39, 0.29) is 11.7 Å². The largest absolute Gasteiger partial charge is 0.468 e. The number of nitrogens with zero attached hydrogens (tertiary/aromatic N) is 4. The number of nitrogens with one attached hydrogen (secondary N) is 1. The van der Waals surface area contributed by atoms with Gasteiger partial charge in [-0.1, -0.05) is 52.0 Å². The fourth-order valence-electron chi connectivity index (χ4n) is 7.16. The van der Waals surface area contributed by atoms with Crippen molar-refractivity contribution >= 4 is 54.8 Å². The van der Waals surface area contributed by atoms with Crippen LogP contribution in [-0.2, 0) is 19.1 Å². The molecule has 2 amide bonds. The molecule has 4 aromatic rings. The quantitative estimate of drug-likeness (QED) is 0.0572. The van der Waals surface area contributed by atoms with Crippen molar-refractivity contribution in [2.24, 2.45) is 11.8 Å². The number of aromatic nitrogens is 1. The third-order valence-corrected chi connectivity index (χ3v) is 14.2. The highest BCUT2D eigenvalue weighted by Crippen LogP contribution is 2.75. The van der Waals surface area contributed by atoms with Crippen molar-refractivity contribution in [2.45, 2.75) is 104 Å². The molecule has 4 aliphatic rings. The Bertz CT molecular complexity index is 1920. The van der Waals surface area contributed by atoms with E-state index in [0.29, 0.717) is 41.8 Å². The molecule has 0 spiro atoms. The minimum absolute atomic E-state index is 0.159. The molecule has 3 saturated heterocycles. The maximum atomic E-state index is 12.8. The number of likely N-dealkylation sites (tertiary alicyclic amines) is 2. The van der Waals surface area contributed by atoms with Crippen LogP contribution >= 0.6 is 19.6 Å². The predicted octanol–water partition coefficient (Wildman–Crippen LogP) is 9.61. The van der Waals surface area contributed by atoms with Gasteiger partial charge in [-0.2, -0.15) is 0 Å². The number of ether oxygens (including phenoxy) is 1. The van der Waals surface area contributed by atoms with Gasteiger partial charge < -0.3 is 29.2 Å². The number of hydrogen-bond acceptors (Lipinski definition) is 10. The molecule has 13 heteroatoms. The Kier molecular flexibility index (Phi) is 20.1. The Hall–Kier alpha value is -4.22. The summed E-state index contributed by atoms with van der Waals surface area (Å²) in [7, 11) is 1.44. The lowest BCUT2D eigenvalue weighted by molar-refractivity contribution is -0.128. The minimum atomic E-state index is -0.732. The van der Waals surface area contributed by atoms with Gasteiger partial charge >= 0.3 is 0 Å². The molecule has 1 aliphatic carbocycles. The van der Waals surface area contributed by atoms with Crippen molar-refractivity contribution in [3.05, 3.63) is 94.6 Å². The van der Waals surface area contributed by atoms with Gasteiger partial charge in [0.25, 0.3) is 12.4 Å². The molecule has 5 heterocycles. The first-order valence-corrected chi connectivity index (χ1v) is 23.6. The van der Waals surface area contributed by atoms with Crippen molar-refractivity contribution < 1.29 is 28.4 Å². The summed E-state index contributed by atoms with van der Waals surface area (Å²) >= 11 is 1.48. The fourth-order valence-corrected chi connectivity index (χ4v) is 10.4. The molecule has 3 aliphatic heterocycles. The highest BCUT2D eigenvalue weighted by atomic mass is 32.1. The Labute approximate surface area is 363 Å². The molecule has 11 nitrogen and oxygen atoms in total. The number of benzene rings is 2. The summed E-state index contributed by atoms with van der Waals surface area (Å²) in [6, 6.07) is 20.4. The van der Waals surface area contributed by atoms with Gasteiger partial charge in [-0.15, -0.1) is 11.3 Å². The second kappa shape index (κ2) is 24.9. The van der Waals surface area contributed by atoms with E-state index in [9.17, 15) is 19.2 Å². The summed E-state index contributed by atoms with van der Waals surface area (Å²) in [6.45, 7) is 19.9. The Morgan fingerprint density at radius 2 is 1.73 bits per heavy atom. The Morgan fingerprint density at radius 3 is 2.27 bits per heavy atom. The van der Waals surface area contributed by atoms with Crippen LogP contribution in [0.15, 0.2) is 73.1 Å². The molecule has 326 valence electrons. The van der Waals surface area contributed by atoms with Crippen LogP contribution < -0.4 is 9.84 Å². The number of hydrogen-bond donors (Lipinski definition) is 1. The number of amides is 2. The van der Waals surface area contributed by atoms with Crippen molar-refractivity contribution in [1.82, 2.24) is 24.8 Å². The number of carbonyl (C=O) groups excluding carboxylic acids is 4. The van der Waals surface area contributed by atoms with Crippen molar-refractivity contribution in [2.75, 3.05) is 39.8 Å². The second-order valence-electron chi connectivity index (χ2n) is 15.9. The highest BCUT2D eigenvalue weighted by molar-refractivity contribution is 7.57. The number of thiophene rings is 1. The van der Waals surface area contributed by atoms with Gasteiger partial charge in [-0.05, 0) is 143 Å². The number of para-hydroxylation sites is 1. The van der Waals surface area contributed by atoms with Crippen LogP contribution in [0.3, 0.4) is 0 Å². The smallest absolute Gasteiger partial charge is 0.293 e. The molecule has 60 heavy (non-hydrogen) atoms.